The number of nitrogens with zero attached hydrogens (tertiary/aromatic N) is 3. The molecule has 0 saturated heterocycles. The minimum absolute atomic E-state index is 0.0420. The highest BCUT2D eigenvalue weighted by Gasteiger charge is 2.29. The van der Waals surface area contributed by atoms with Crippen molar-refractivity contribution in [3.63, 3.8) is 0 Å². The Hall–Kier alpha value is -3.80. The van der Waals surface area contributed by atoms with Gasteiger partial charge in [0.05, 0.1) is 24.7 Å². The van der Waals surface area contributed by atoms with E-state index in [1.54, 1.807) is 7.11 Å². The van der Waals surface area contributed by atoms with E-state index in [-0.39, 0.29) is 5.91 Å². The van der Waals surface area contributed by atoms with Crippen LogP contribution in [-0.2, 0) is 6.54 Å². The van der Waals surface area contributed by atoms with Crippen molar-refractivity contribution in [1.82, 2.24) is 9.97 Å². The molecule has 0 bridgehead atoms. The number of hydrogen-bond acceptors (Lipinski definition) is 4. The van der Waals surface area contributed by atoms with Crippen LogP contribution in [0.5, 0.6) is 5.75 Å². The van der Waals surface area contributed by atoms with E-state index in [1.807, 2.05) is 59.5 Å². The second-order valence-corrected chi connectivity index (χ2v) is 7.92. The highest BCUT2D eigenvalue weighted by atomic mass is 16.5. The topological polar surface area (TPSA) is 61.5 Å². The van der Waals surface area contributed by atoms with Crippen LogP contribution in [0.4, 0.5) is 11.4 Å². The zero-order valence-corrected chi connectivity index (χ0v) is 18.6. The van der Waals surface area contributed by atoms with Crippen molar-refractivity contribution >= 4 is 28.3 Å². The lowest BCUT2D eigenvalue weighted by Crippen LogP contribution is -2.22. The third-order valence-corrected chi connectivity index (χ3v) is 6.16. The smallest absolute Gasteiger partial charge is 0.258 e. The van der Waals surface area contributed by atoms with Gasteiger partial charge in [0.25, 0.3) is 5.91 Å². The molecule has 1 amide bonds. The number of hydrogen-bond donors (Lipinski definition) is 1. The molecule has 4 aromatic rings. The molecule has 5 rings (SSSR count). The molecule has 6 heteroatoms. The van der Waals surface area contributed by atoms with Crippen LogP contribution in [0.25, 0.3) is 22.4 Å². The van der Waals surface area contributed by atoms with Crippen LogP contribution in [0, 0.1) is 0 Å². The van der Waals surface area contributed by atoms with Gasteiger partial charge in [0.15, 0.2) is 0 Å². The van der Waals surface area contributed by atoms with E-state index >= 15 is 0 Å². The second kappa shape index (κ2) is 8.04. The maximum Gasteiger partial charge on any atom is 0.258 e. The van der Waals surface area contributed by atoms with Gasteiger partial charge in [0.2, 0.25) is 0 Å². The number of methoxy groups -OCH3 is 1. The van der Waals surface area contributed by atoms with Crippen LogP contribution < -0.4 is 14.5 Å². The average Bonchev–Trinajstić information content (AvgIpc) is 3.40. The molecule has 6 nitrogen and oxygen atoms in total. The molecular formula is C26H26N4O2. The number of imidazole rings is 1. The van der Waals surface area contributed by atoms with Gasteiger partial charge in [-0.3, -0.25) is 4.79 Å². The number of ether oxygens (including phenoxy) is 1. The number of nitrogens with one attached hydrogen (secondary N) is 1. The van der Waals surface area contributed by atoms with E-state index < -0.39 is 0 Å². The SMILES string of the molecule is CCN(CC)c1ccc2c(c1)CN(c1ccc3nc(-c4ccc(OC)cc4)[nH]c3c1)C2=O. The van der Waals surface area contributed by atoms with Crippen molar-refractivity contribution in [1.29, 1.82) is 0 Å². The lowest BCUT2D eigenvalue weighted by Gasteiger charge is -2.21. The quantitative estimate of drug-likeness (QED) is 0.458. The minimum Gasteiger partial charge on any atom is -0.497 e. The highest BCUT2D eigenvalue weighted by molar-refractivity contribution is 6.10. The predicted molar refractivity (Wildman–Crippen MR) is 129 cm³/mol. The van der Waals surface area contributed by atoms with Gasteiger partial charge in [-0.2, -0.15) is 0 Å². The summed E-state index contributed by atoms with van der Waals surface area (Å²) in [5.74, 6) is 1.64. The monoisotopic (exact) mass is 426 g/mol. The lowest BCUT2D eigenvalue weighted by atomic mass is 10.1. The van der Waals surface area contributed by atoms with Gasteiger partial charge in [-0.25, -0.2) is 4.98 Å². The molecule has 0 fully saturated rings. The summed E-state index contributed by atoms with van der Waals surface area (Å²) < 4.78 is 5.24. The molecule has 2 heterocycles. The summed E-state index contributed by atoms with van der Waals surface area (Å²) in [5, 5.41) is 0. The van der Waals surface area contributed by atoms with E-state index in [0.29, 0.717) is 6.54 Å². The number of benzene rings is 3. The van der Waals surface area contributed by atoms with Crippen molar-refractivity contribution < 1.29 is 9.53 Å². The lowest BCUT2D eigenvalue weighted by molar-refractivity contribution is 0.0996. The molecule has 1 aliphatic rings. The second-order valence-electron chi connectivity index (χ2n) is 7.92. The Morgan fingerprint density at radius 2 is 1.81 bits per heavy atom. The van der Waals surface area contributed by atoms with Gasteiger partial charge in [-0.05, 0) is 80.1 Å². The van der Waals surface area contributed by atoms with Crippen LogP contribution in [-0.4, -0.2) is 36.1 Å². The fourth-order valence-electron chi connectivity index (χ4n) is 4.35. The number of H-pyrrole nitrogens is 1. The summed E-state index contributed by atoms with van der Waals surface area (Å²) in [6.45, 7) is 6.76. The predicted octanol–water partition coefficient (Wildman–Crippen LogP) is 5.25. The van der Waals surface area contributed by atoms with Crippen molar-refractivity contribution in [3.05, 3.63) is 71.8 Å². The van der Waals surface area contributed by atoms with Gasteiger partial charge in [-0.15, -0.1) is 0 Å². The summed E-state index contributed by atoms with van der Waals surface area (Å²) in [6, 6.07) is 19.9. The van der Waals surface area contributed by atoms with Crippen LogP contribution >= 0.6 is 0 Å². The first-order valence-corrected chi connectivity index (χ1v) is 10.9. The summed E-state index contributed by atoms with van der Waals surface area (Å²) in [5.41, 5.74) is 6.64. The first-order chi connectivity index (χ1) is 15.6. The van der Waals surface area contributed by atoms with Crippen molar-refractivity contribution in [2.24, 2.45) is 0 Å². The Bertz CT molecular complexity index is 1290. The van der Waals surface area contributed by atoms with Crippen molar-refractivity contribution in [3.8, 4) is 17.1 Å². The standard InChI is InChI=1S/C26H26N4O2/c1-4-29(5-2)19-8-12-22-18(14-19)16-30(26(22)31)20-9-13-23-24(15-20)28-25(27-23)17-6-10-21(32-3)11-7-17/h6-15H,4-5,16H2,1-3H3,(H,27,28). The van der Waals surface area contributed by atoms with Gasteiger partial charge in [-0.1, -0.05) is 0 Å². The van der Waals surface area contributed by atoms with Crippen LogP contribution in [0.1, 0.15) is 29.8 Å². The number of aromatic nitrogens is 2. The fourth-order valence-corrected chi connectivity index (χ4v) is 4.35. The number of rotatable bonds is 6. The van der Waals surface area contributed by atoms with Crippen LogP contribution in [0.3, 0.4) is 0 Å². The molecule has 1 N–H and O–H groups in total. The fraction of sp³-hybridized carbons (Fsp3) is 0.231. The molecule has 3 aromatic carbocycles. The molecule has 1 aromatic heterocycles. The average molecular weight is 427 g/mol. The normalized spacial score (nSPS) is 13.0. The molecule has 0 unspecified atom stereocenters. The summed E-state index contributed by atoms with van der Waals surface area (Å²) in [4.78, 5) is 25.3. The number of amides is 1. The maximum absolute atomic E-state index is 13.1. The Morgan fingerprint density at radius 3 is 2.53 bits per heavy atom. The van der Waals surface area contributed by atoms with Crippen LogP contribution in [0.15, 0.2) is 60.7 Å². The maximum atomic E-state index is 13.1. The van der Waals surface area contributed by atoms with E-state index in [0.717, 1.165) is 63.8 Å². The summed E-state index contributed by atoms with van der Waals surface area (Å²) in [6.07, 6.45) is 0. The Balaban J connectivity index is 1.44. The summed E-state index contributed by atoms with van der Waals surface area (Å²) in [7, 11) is 1.65. The third-order valence-electron chi connectivity index (χ3n) is 6.16. The van der Waals surface area contributed by atoms with Gasteiger partial charge >= 0.3 is 0 Å². The number of carbonyl (C=O) groups excluding carboxylic acids is 1. The molecule has 1 aliphatic heterocycles. The third kappa shape index (κ3) is 3.38. The molecule has 162 valence electrons. The van der Waals surface area contributed by atoms with Gasteiger partial charge in [0.1, 0.15) is 11.6 Å². The van der Waals surface area contributed by atoms with Crippen molar-refractivity contribution in [2.45, 2.75) is 20.4 Å². The number of anilines is 2. The van der Waals surface area contributed by atoms with E-state index in [2.05, 4.69) is 29.8 Å². The zero-order chi connectivity index (χ0) is 22.2. The molecule has 0 atom stereocenters. The van der Waals surface area contributed by atoms with Gasteiger partial charge in [0, 0.05) is 35.6 Å². The van der Waals surface area contributed by atoms with E-state index in [4.69, 9.17) is 9.72 Å². The molecule has 0 saturated carbocycles. The zero-order valence-electron chi connectivity index (χ0n) is 18.6. The molecular weight excluding hydrogens is 400 g/mol. The number of aromatic amines is 1. The molecule has 0 radical (unpaired) electrons. The first-order valence-electron chi connectivity index (χ1n) is 10.9. The Labute approximate surface area is 187 Å². The largest absolute Gasteiger partial charge is 0.497 e. The first kappa shape index (κ1) is 20.1. The summed E-state index contributed by atoms with van der Waals surface area (Å²) >= 11 is 0. The highest BCUT2D eigenvalue weighted by Crippen LogP contribution is 2.33. The molecule has 0 aliphatic carbocycles. The molecule has 0 spiro atoms. The Kier molecular flexibility index (Phi) is 5.05. The van der Waals surface area contributed by atoms with E-state index in [1.165, 1.54) is 0 Å². The molecule has 32 heavy (non-hydrogen) atoms. The van der Waals surface area contributed by atoms with Crippen LogP contribution in [0.2, 0.25) is 0 Å². The van der Waals surface area contributed by atoms with Gasteiger partial charge < -0.3 is 19.5 Å². The van der Waals surface area contributed by atoms with Crippen molar-refractivity contribution in [2.75, 3.05) is 30.0 Å². The minimum atomic E-state index is 0.0420. The Morgan fingerprint density at radius 1 is 1.03 bits per heavy atom. The number of fused-ring (bicyclic) bond motifs is 2. The number of carbonyl (C=O) groups is 1. The van der Waals surface area contributed by atoms with E-state index in [9.17, 15) is 4.79 Å².